The van der Waals surface area contributed by atoms with Crippen molar-refractivity contribution in [1.82, 2.24) is 10.6 Å². The van der Waals surface area contributed by atoms with Crippen molar-refractivity contribution in [2.24, 2.45) is 11.3 Å². The lowest BCUT2D eigenvalue weighted by Crippen LogP contribution is -2.41. The van der Waals surface area contributed by atoms with Gasteiger partial charge in [0.15, 0.2) is 0 Å². The minimum absolute atomic E-state index is 0. The van der Waals surface area contributed by atoms with Gasteiger partial charge in [0.2, 0.25) is 5.91 Å². The monoisotopic (exact) mass is 288 g/mol. The summed E-state index contributed by atoms with van der Waals surface area (Å²) in [5.74, 6) is 0.546. The molecule has 1 atom stereocenters. The molecule has 0 aromatic carbocycles. The Kier molecular flexibility index (Phi) is 4.75. The molecular formula is C14H25ClN2O2. The van der Waals surface area contributed by atoms with Crippen molar-refractivity contribution in [3.8, 4) is 0 Å². The molecule has 0 aromatic heterocycles. The summed E-state index contributed by atoms with van der Waals surface area (Å²) in [6.45, 7) is 2.14. The average Bonchev–Trinajstić information content (AvgIpc) is 3.07. The summed E-state index contributed by atoms with van der Waals surface area (Å²) in [7, 11) is 0. The maximum Gasteiger partial charge on any atom is 0.223 e. The number of piperidine rings is 1. The van der Waals surface area contributed by atoms with Crippen molar-refractivity contribution in [3.63, 3.8) is 0 Å². The first-order valence-corrected chi connectivity index (χ1v) is 7.39. The van der Waals surface area contributed by atoms with E-state index >= 15 is 0 Å². The van der Waals surface area contributed by atoms with E-state index in [-0.39, 0.29) is 30.3 Å². The molecule has 5 heteroatoms. The van der Waals surface area contributed by atoms with Crippen LogP contribution in [0.5, 0.6) is 0 Å². The topological polar surface area (TPSA) is 61.4 Å². The van der Waals surface area contributed by atoms with Crippen LogP contribution in [0, 0.1) is 11.3 Å². The van der Waals surface area contributed by atoms with E-state index in [1.807, 2.05) is 0 Å². The highest BCUT2D eigenvalue weighted by atomic mass is 35.5. The van der Waals surface area contributed by atoms with E-state index < -0.39 is 0 Å². The molecule has 3 aliphatic rings. The van der Waals surface area contributed by atoms with E-state index in [0.717, 1.165) is 58.0 Å². The van der Waals surface area contributed by atoms with E-state index in [9.17, 15) is 9.90 Å². The van der Waals surface area contributed by atoms with Gasteiger partial charge in [-0.15, -0.1) is 12.4 Å². The fraction of sp³-hybridized carbons (Fsp3) is 0.929. The Morgan fingerprint density at radius 2 is 1.79 bits per heavy atom. The van der Waals surface area contributed by atoms with Gasteiger partial charge >= 0.3 is 0 Å². The molecule has 3 rings (SSSR count). The first kappa shape index (κ1) is 15.1. The Hall–Kier alpha value is -0.320. The molecule has 0 bridgehead atoms. The average molecular weight is 289 g/mol. The SMILES string of the molecule is Cl.O=C(NC1CCC(O)CC1)C1CC12CCNCC2. The predicted molar refractivity (Wildman–Crippen MR) is 76.3 cm³/mol. The van der Waals surface area contributed by atoms with Gasteiger partial charge in [-0.3, -0.25) is 4.79 Å². The fourth-order valence-corrected chi connectivity index (χ4v) is 3.72. The molecular weight excluding hydrogens is 264 g/mol. The number of carbonyl (C=O) groups excluding carboxylic acids is 1. The van der Waals surface area contributed by atoms with Crippen molar-refractivity contribution in [2.75, 3.05) is 13.1 Å². The molecule has 19 heavy (non-hydrogen) atoms. The van der Waals surface area contributed by atoms with Crippen LogP contribution >= 0.6 is 12.4 Å². The molecule has 1 unspecified atom stereocenters. The van der Waals surface area contributed by atoms with Crippen molar-refractivity contribution in [1.29, 1.82) is 0 Å². The van der Waals surface area contributed by atoms with Gasteiger partial charge in [-0.25, -0.2) is 0 Å². The third-order valence-corrected chi connectivity index (χ3v) is 5.15. The van der Waals surface area contributed by atoms with Gasteiger partial charge in [0.05, 0.1) is 6.10 Å². The van der Waals surface area contributed by atoms with Crippen molar-refractivity contribution in [3.05, 3.63) is 0 Å². The van der Waals surface area contributed by atoms with Gasteiger partial charge in [-0.2, -0.15) is 0 Å². The van der Waals surface area contributed by atoms with Crippen LogP contribution in [-0.2, 0) is 4.79 Å². The lowest BCUT2D eigenvalue weighted by Gasteiger charge is -2.27. The van der Waals surface area contributed by atoms with Crippen molar-refractivity contribution >= 4 is 18.3 Å². The number of amides is 1. The quantitative estimate of drug-likeness (QED) is 0.716. The number of rotatable bonds is 2. The Labute approximate surface area is 121 Å². The minimum Gasteiger partial charge on any atom is -0.393 e. The van der Waals surface area contributed by atoms with Crippen LogP contribution in [0.15, 0.2) is 0 Å². The molecule has 110 valence electrons. The number of hydrogen-bond acceptors (Lipinski definition) is 3. The summed E-state index contributed by atoms with van der Waals surface area (Å²) >= 11 is 0. The lowest BCUT2D eigenvalue weighted by atomic mass is 9.90. The van der Waals surface area contributed by atoms with Crippen LogP contribution in [0.25, 0.3) is 0 Å². The number of aliphatic hydroxyl groups excluding tert-OH is 1. The van der Waals surface area contributed by atoms with Crippen LogP contribution in [-0.4, -0.2) is 36.2 Å². The number of nitrogens with one attached hydrogen (secondary N) is 2. The first-order valence-electron chi connectivity index (χ1n) is 7.39. The molecule has 4 nitrogen and oxygen atoms in total. The lowest BCUT2D eigenvalue weighted by molar-refractivity contribution is -0.124. The zero-order valence-corrected chi connectivity index (χ0v) is 12.2. The standard InChI is InChI=1S/C14H24N2O2.ClH/c17-11-3-1-10(2-4-11)16-13(18)12-9-14(12)5-7-15-8-6-14;/h10-12,15,17H,1-9H2,(H,16,18);1H. The second-order valence-electron chi connectivity index (χ2n) is 6.38. The number of aliphatic hydroxyl groups is 1. The summed E-state index contributed by atoms with van der Waals surface area (Å²) in [6.07, 6.45) is 6.83. The van der Waals surface area contributed by atoms with Crippen molar-refractivity contribution in [2.45, 2.75) is 57.1 Å². The van der Waals surface area contributed by atoms with E-state index in [0.29, 0.717) is 11.5 Å². The zero-order valence-electron chi connectivity index (χ0n) is 11.4. The van der Waals surface area contributed by atoms with Gasteiger partial charge in [0.1, 0.15) is 0 Å². The van der Waals surface area contributed by atoms with E-state index in [1.54, 1.807) is 0 Å². The molecule has 0 aromatic rings. The summed E-state index contributed by atoms with van der Waals surface area (Å²) in [6, 6.07) is 0.306. The Bertz CT molecular complexity index is 323. The van der Waals surface area contributed by atoms with Gasteiger partial charge < -0.3 is 15.7 Å². The molecule has 3 fully saturated rings. The van der Waals surface area contributed by atoms with Gasteiger partial charge in [0.25, 0.3) is 0 Å². The zero-order chi connectivity index (χ0) is 12.6. The molecule has 1 saturated heterocycles. The predicted octanol–water partition coefficient (Wildman–Crippen LogP) is 1.22. The Morgan fingerprint density at radius 1 is 1.16 bits per heavy atom. The van der Waals surface area contributed by atoms with E-state index in [4.69, 9.17) is 0 Å². The molecule has 3 N–H and O–H groups in total. The van der Waals surface area contributed by atoms with Crippen LogP contribution in [0.3, 0.4) is 0 Å². The first-order chi connectivity index (χ1) is 8.70. The molecule has 2 saturated carbocycles. The van der Waals surface area contributed by atoms with Crippen molar-refractivity contribution < 1.29 is 9.90 Å². The summed E-state index contributed by atoms with van der Waals surface area (Å²) in [4.78, 5) is 12.2. The van der Waals surface area contributed by atoms with Crippen LogP contribution < -0.4 is 10.6 Å². The highest BCUT2D eigenvalue weighted by molar-refractivity contribution is 5.85. The number of hydrogen-bond donors (Lipinski definition) is 3. The summed E-state index contributed by atoms with van der Waals surface area (Å²) in [5, 5.41) is 16.0. The smallest absolute Gasteiger partial charge is 0.223 e. The normalized spacial score (nSPS) is 36.4. The molecule has 1 amide bonds. The highest BCUT2D eigenvalue weighted by Gasteiger charge is 2.57. The van der Waals surface area contributed by atoms with Gasteiger partial charge in [0, 0.05) is 12.0 Å². The maximum atomic E-state index is 12.2. The van der Waals surface area contributed by atoms with Crippen LogP contribution in [0.4, 0.5) is 0 Å². The fourth-order valence-electron chi connectivity index (χ4n) is 3.72. The second-order valence-corrected chi connectivity index (χ2v) is 6.38. The molecule has 1 heterocycles. The van der Waals surface area contributed by atoms with Gasteiger partial charge in [-0.05, 0) is 63.5 Å². The summed E-state index contributed by atoms with van der Waals surface area (Å²) < 4.78 is 0. The summed E-state index contributed by atoms with van der Waals surface area (Å²) in [5.41, 5.74) is 0.337. The number of carbonyl (C=O) groups is 1. The Morgan fingerprint density at radius 3 is 2.42 bits per heavy atom. The van der Waals surface area contributed by atoms with E-state index in [2.05, 4.69) is 10.6 Å². The largest absolute Gasteiger partial charge is 0.393 e. The van der Waals surface area contributed by atoms with Gasteiger partial charge in [-0.1, -0.05) is 0 Å². The molecule has 0 radical (unpaired) electrons. The van der Waals surface area contributed by atoms with Crippen LogP contribution in [0.2, 0.25) is 0 Å². The minimum atomic E-state index is -0.144. The Balaban J connectivity index is 0.00000133. The highest BCUT2D eigenvalue weighted by Crippen LogP contribution is 2.58. The maximum absolute atomic E-state index is 12.2. The van der Waals surface area contributed by atoms with Crippen LogP contribution in [0.1, 0.15) is 44.9 Å². The van der Waals surface area contributed by atoms with E-state index in [1.165, 1.54) is 0 Å². The third kappa shape index (κ3) is 3.23. The second kappa shape index (κ2) is 5.98. The molecule has 2 aliphatic carbocycles. The number of halogens is 1. The molecule has 1 spiro atoms. The third-order valence-electron chi connectivity index (χ3n) is 5.15. The molecule has 1 aliphatic heterocycles.